The molecule has 3 aliphatic rings. The van der Waals surface area contributed by atoms with Crippen LogP contribution in [-0.4, -0.2) is 88.6 Å². The molecule has 9 nitrogen and oxygen atoms in total. The molecule has 9 atom stereocenters. The number of fused-ring (bicyclic) bond motifs is 4. The van der Waals surface area contributed by atoms with Gasteiger partial charge in [0.15, 0.2) is 11.9 Å². The van der Waals surface area contributed by atoms with E-state index < -0.39 is 36.3 Å². The molecular formula is C33H52O9. The van der Waals surface area contributed by atoms with Crippen LogP contribution in [0.5, 0.6) is 0 Å². The second-order valence-corrected chi connectivity index (χ2v) is 12.0. The van der Waals surface area contributed by atoms with Gasteiger partial charge in [0.2, 0.25) is 0 Å². The van der Waals surface area contributed by atoms with E-state index in [9.17, 15) is 20.1 Å². The minimum absolute atomic E-state index is 0.152. The van der Waals surface area contributed by atoms with E-state index in [-0.39, 0.29) is 30.7 Å². The molecule has 0 unspecified atom stereocenters. The molecule has 0 saturated carbocycles. The van der Waals surface area contributed by atoms with E-state index in [1.807, 2.05) is 50.3 Å². The molecule has 3 aliphatic heterocycles. The van der Waals surface area contributed by atoms with Crippen molar-refractivity contribution >= 4 is 5.97 Å². The van der Waals surface area contributed by atoms with E-state index in [1.165, 1.54) is 12.7 Å². The molecule has 4 bridgehead atoms. The van der Waals surface area contributed by atoms with Gasteiger partial charge in [-0.25, -0.2) is 4.79 Å². The fourth-order valence-electron chi connectivity index (χ4n) is 5.98. The molecule has 0 aromatic carbocycles. The number of rotatable bonds is 11. The van der Waals surface area contributed by atoms with E-state index in [1.54, 1.807) is 0 Å². The molecular weight excluding hydrogens is 540 g/mol. The Hall–Kier alpha value is -1.85. The largest absolute Gasteiger partial charge is 0.460 e. The van der Waals surface area contributed by atoms with Crippen LogP contribution in [0, 0.1) is 5.92 Å². The van der Waals surface area contributed by atoms with Gasteiger partial charge < -0.3 is 39.4 Å². The molecule has 0 aromatic rings. The molecule has 0 radical (unpaired) electrons. The quantitative estimate of drug-likeness (QED) is 0.207. The summed E-state index contributed by atoms with van der Waals surface area (Å²) < 4.78 is 24.0. The Morgan fingerprint density at radius 1 is 1.10 bits per heavy atom. The number of ether oxygens (including phenoxy) is 4. The maximum atomic E-state index is 13.0. The number of esters is 1. The topological polar surface area (TPSA) is 135 Å². The van der Waals surface area contributed by atoms with Gasteiger partial charge in [0.05, 0.1) is 24.4 Å². The Morgan fingerprint density at radius 3 is 2.64 bits per heavy atom. The average Bonchev–Trinajstić information content (AvgIpc) is 3.45. The predicted molar refractivity (Wildman–Crippen MR) is 159 cm³/mol. The average molecular weight is 593 g/mol. The van der Waals surface area contributed by atoms with Crippen LogP contribution in [0.4, 0.5) is 0 Å². The molecule has 0 spiro atoms. The second kappa shape index (κ2) is 17.4. The molecule has 9 heteroatoms. The van der Waals surface area contributed by atoms with Gasteiger partial charge >= 0.3 is 5.97 Å². The van der Waals surface area contributed by atoms with E-state index in [0.29, 0.717) is 64.2 Å². The summed E-state index contributed by atoms with van der Waals surface area (Å²) in [5, 5.41) is 41.3. The van der Waals surface area contributed by atoms with Crippen LogP contribution in [-0.2, 0) is 23.7 Å². The number of carbonyl (C=O) groups is 1. The molecule has 3 heterocycles. The maximum absolute atomic E-state index is 13.0. The normalized spacial score (nSPS) is 36.0. The fraction of sp³-hybridized carbons (Fsp3) is 0.727. The summed E-state index contributed by atoms with van der Waals surface area (Å²) in [5.41, 5.74) is 1.18. The summed E-state index contributed by atoms with van der Waals surface area (Å²) in [7, 11) is 1.49. The lowest BCUT2D eigenvalue weighted by molar-refractivity contribution is -0.349. The molecule has 0 aliphatic carbocycles. The summed E-state index contributed by atoms with van der Waals surface area (Å²) in [6.07, 6.45) is 15.3. The highest BCUT2D eigenvalue weighted by Crippen LogP contribution is 2.40. The summed E-state index contributed by atoms with van der Waals surface area (Å²) in [5.74, 6) is -2.01. The van der Waals surface area contributed by atoms with Crippen LogP contribution in [0.3, 0.4) is 0 Å². The number of hydrogen-bond donors (Lipinski definition) is 4. The summed E-state index contributed by atoms with van der Waals surface area (Å²) in [6, 6.07) is 0. The van der Waals surface area contributed by atoms with Crippen LogP contribution >= 0.6 is 0 Å². The first-order chi connectivity index (χ1) is 20.2. The summed E-state index contributed by atoms with van der Waals surface area (Å²) in [4.78, 5) is 13.0. The Bertz CT molecular complexity index is 944. The standard InChI is InChI=1S/C33H52O9/c1-23(12-7-5-4-6-10-21-34)13-8-9-14-25(35)22-27-15-11-16-28-24(2)30(36)31(37)33(39-3,42-28)20-19-26-17-18-29(40-26)32(38)41-27/h4-9,13,24-31,34-37H,10-12,14-22H2,1-3H3/b6-4-,7-5-,9-8-,23-13-/t24-,25-,26+,27-,28-,29-,30+,31+,33+/m0/s1. The van der Waals surface area contributed by atoms with Crippen molar-refractivity contribution in [2.24, 2.45) is 5.92 Å². The lowest BCUT2D eigenvalue weighted by atomic mass is 9.82. The van der Waals surface area contributed by atoms with Crippen LogP contribution < -0.4 is 0 Å². The molecule has 0 amide bonds. The highest BCUT2D eigenvalue weighted by atomic mass is 16.7. The van der Waals surface area contributed by atoms with Crippen LogP contribution in [0.1, 0.15) is 84.5 Å². The molecule has 3 rings (SSSR count). The van der Waals surface area contributed by atoms with Gasteiger partial charge in [0.1, 0.15) is 12.2 Å². The minimum Gasteiger partial charge on any atom is -0.460 e. The molecule has 0 aromatic heterocycles. The third-order valence-electron chi connectivity index (χ3n) is 8.66. The second-order valence-electron chi connectivity index (χ2n) is 12.0. The Labute approximate surface area is 250 Å². The number of aliphatic hydroxyl groups is 4. The van der Waals surface area contributed by atoms with Crippen molar-refractivity contribution < 1.29 is 44.2 Å². The smallest absolute Gasteiger partial charge is 0.335 e. The van der Waals surface area contributed by atoms with Crippen molar-refractivity contribution in [1.29, 1.82) is 0 Å². The van der Waals surface area contributed by atoms with E-state index >= 15 is 0 Å². The van der Waals surface area contributed by atoms with Gasteiger partial charge in [-0.2, -0.15) is 0 Å². The number of allylic oxidation sites excluding steroid dienone is 6. The Morgan fingerprint density at radius 2 is 1.88 bits per heavy atom. The zero-order chi connectivity index (χ0) is 30.5. The van der Waals surface area contributed by atoms with Crippen molar-refractivity contribution in [3.05, 3.63) is 48.1 Å². The lowest BCUT2D eigenvalue weighted by Gasteiger charge is -2.49. The van der Waals surface area contributed by atoms with Crippen molar-refractivity contribution in [3.63, 3.8) is 0 Å². The van der Waals surface area contributed by atoms with E-state index in [0.717, 1.165) is 6.42 Å². The Balaban J connectivity index is 1.59. The summed E-state index contributed by atoms with van der Waals surface area (Å²) >= 11 is 0. The van der Waals surface area contributed by atoms with Crippen LogP contribution in [0.15, 0.2) is 48.1 Å². The van der Waals surface area contributed by atoms with Crippen LogP contribution in [0.2, 0.25) is 0 Å². The zero-order valence-electron chi connectivity index (χ0n) is 25.5. The number of hydrogen-bond acceptors (Lipinski definition) is 9. The van der Waals surface area contributed by atoms with Crippen LogP contribution in [0.25, 0.3) is 0 Å². The maximum Gasteiger partial charge on any atom is 0.335 e. The van der Waals surface area contributed by atoms with Gasteiger partial charge in [0.25, 0.3) is 0 Å². The van der Waals surface area contributed by atoms with Crippen molar-refractivity contribution in [1.82, 2.24) is 0 Å². The molecule has 238 valence electrons. The number of aliphatic hydroxyl groups excluding tert-OH is 4. The van der Waals surface area contributed by atoms with Crippen molar-refractivity contribution in [3.8, 4) is 0 Å². The van der Waals surface area contributed by atoms with Gasteiger partial charge in [-0.05, 0) is 64.7 Å². The predicted octanol–water partition coefficient (Wildman–Crippen LogP) is 4.04. The van der Waals surface area contributed by atoms with E-state index in [2.05, 4.69) is 6.08 Å². The van der Waals surface area contributed by atoms with Gasteiger partial charge in [-0.15, -0.1) is 0 Å². The van der Waals surface area contributed by atoms with Gasteiger partial charge in [0, 0.05) is 32.5 Å². The third-order valence-corrected chi connectivity index (χ3v) is 8.66. The number of methoxy groups -OCH3 is 1. The molecule has 3 saturated heterocycles. The van der Waals surface area contributed by atoms with E-state index in [4.69, 9.17) is 24.1 Å². The first-order valence-corrected chi connectivity index (χ1v) is 15.6. The SMILES string of the molecule is CO[C@]12CC[C@H]3CC[C@H](O3)C(=O)O[C@H](C[C@@H](O)C/C=C\C=C(\C)C/C=C\C=C/CCO)CCC[C@H](O1)[C@H](C)[C@@H](O)[C@H]2O. The van der Waals surface area contributed by atoms with Crippen molar-refractivity contribution in [2.45, 2.75) is 133 Å². The number of carbonyl (C=O) groups excluding carboxylic acids is 1. The lowest BCUT2D eigenvalue weighted by Crippen LogP contribution is -2.62. The molecule has 42 heavy (non-hydrogen) atoms. The van der Waals surface area contributed by atoms with Crippen molar-refractivity contribution in [2.75, 3.05) is 13.7 Å². The minimum atomic E-state index is -1.33. The first-order valence-electron chi connectivity index (χ1n) is 15.6. The summed E-state index contributed by atoms with van der Waals surface area (Å²) in [6.45, 7) is 4.06. The number of cyclic esters (lactones) is 1. The first kappa shape index (κ1) is 34.6. The monoisotopic (exact) mass is 592 g/mol. The third kappa shape index (κ3) is 10.1. The van der Waals surface area contributed by atoms with Gasteiger partial charge in [-0.1, -0.05) is 55.0 Å². The highest BCUT2D eigenvalue weighted by Gasteiger charge is 2.53. The highest BCUT2D eigenvalue weighted by molar-refractivity contribution is 5.75. The Kier molecular flexibility index (Phi) is 14.4. The molecule has 3 fully saturated rings. The zero-order valence-corrected chi connectivity index (χ0v) is 25.5. The fourth-order valence-corrected chi connectivity index (χ4v) is 5.98. The molecule has 4 N–H and O–H groups in total. The van der Waals surface area contributed by atoms with Gasteiger partial charge in [-0.3, -0.25) is 0 Å².